The topological polar surface area (TPSA) is 24.9 Å². The number of rotatable bonds is 4. The SMILES string of the molecule is Cc1ncsc1C(C)NC(C)c1ccc(Cl)cc1Cl. The second-order valence-electron chi connectivity index (χ2n) is 4.58. The number of benzene rings is 1. The van der Waals surface area contributed by atoms with Crippen LogP contribution in [-0.2, 0) is 0 Å². The first-order valence-electron chi connectivity index (χ1n) is 6.10. The zero-order valence-electron chi connectivity index (χ0n) is 11.1. The van der Waals surface area contributed by atoms with E-state index in [1.54, 1.807) is 17.4 Å². The van der Waals surface area contributed by atoms with Gasteiger partial charge in [0.2, 0.25) is 0 Å². The summed E-state index contributed by atoms with van der Waals surface area (Å²) >= 11 is 13.8. The second kappa shape index (κ2) is 6.23. The second-order valence-corrected chi connectivity index (χ2v) is 6.31. The van der Waals surface area contributed by atoms with E-state index in [-0.39, 0.29) is 12.1 Å². The number of halogens is 2. The van der Waals surface area contributed by atoms with Crippen LogP contribution in [0.15, 0.2) is 23.7 Å². The van der Waals surface area contributed by atoms with Crippen LogP contribution in [0.3, 0.4) is 0 Å². The molecule has 1 N–H and O–H groups in total. The molecule has 2 unspecified atom stereocenters. The number of hydrogen-bond donors (Lipinski definition) is 1. The van der Waals surface area contributed by atoms with Crippen LogP contribution >= 0.6 is 34.5 Å². The highest BCUT2D eigenvalue weighted by molar-refractivity contribution is 7.09. The van der Waals surface area contributed by atoms with Gasteiger partial charge in [-0.3, -0.25) is 0 Å². The Morgan fingerprint density at radius 3 is 2.53 bits per heavy atom. The van der Waals surface area contributed by atoms with Crippen LogP contribution in [0.2, 0.25) is 10.0 Å². The fourth-order valence-electron chi connectivity index (χ4n) is 2.12. The van der Waals surface area contributed by atoms with Gasteiger partial charge in [-0.1, -0.05) is 29.3 Å². The van der Waals surface area contributed by atoms with E-state index >= 15 is 0 Å². The van der Waals surface area contributed by atoms with Gasteiger partial charge in [-0.25, -0.2) is 4.98 Å². The maximum Gasteiger partial charge on any atom is 0.0798 e. The smallest absolute Gasteiger partial charge is 0.0798 e. The zero-order valence-corrected chi connectivity index (χ0v) is 13.4. The van der Waals surface area contributed by atoms with Crippen molar-refractivity contribution in [2.75, 3.05) is 0 Å². The van der Waals surface area contributed by atoms with Gasteiger partial charge in [-0.15, -0.1) is 11.3 Å². The summed E-state index contributed by atoms with van der Waals surface area (Å²) < 4.78 is 0. The highest BCUT2D eigenvalue weighted by atomic mass is 35.5. The average molecular weight is 315 g/mol. The molecule has 0 aliphatic heterocycles. The van der Waals surface area contributed by atoms with Crippen LogP contribution in [0.1, 0.15) is 42.1 Å². The lowest BCUT2D eigenvalue weighted by atomic mass is 10.1. The summed E-state index contributed by atoms with van der Waals surface area (Å²) in [5.74, 6) is 0. The molecule has 1 aromatic carbocycles. The van der Waals surface area contributed by atoms with Crippen molar-refractivity contribution in [1.29, 1.82) is 0 Å². The first-order chi connectivity index (χ1) is 8.99. The zero-order chi connectivity index (χ0) is 14.0. The minimum absolute atomic E-state index is 0.154. The molecule has 0 spiro atoms. The van der Waals surface area contributed by atoms with Gasteiger partial charge in [0.15, 0.2) is 0 Å². The lowest BCUT2D eigenvalue weighted by molar-refractivity contribution is 0.498. The molecule has 102 valence electrons. The van der Waals surface area contributed by atoms with Crippen molar-refractivity contribution in [2.24, 2.45) is 0 Å². The monoisotopic (exact) mass is 314 g/mol. The van der Waals surface area contributed by atoms with Gasteiger partial charge in [0.25, 0.3) is 0 Å². The third kappa shape index (κ3) is 3.48. The molecule has 0 amide bonds. The fourth-order valence-corrected chi connectivity index (χ4v) is 3.51. The summed E-state index contributed by atoms with van der Waals surface area (Å²) in [6, 6.07) is 6.01. The van der Waals surface area contributed by atoms with Crippen LogP contribution in [0.5, 0.6) is 0 Å². The first-order valence-corrected chi connectivity index (χ1v) is 7.73. The van der Waals surface area contributed by atoms with Gasteiger partial charge in [0, 0.05) is 27.0 Å². The van der Waals surface area contributed by atoms with Crippen molar-refractivity contribution in [3.63, 3.8) is 0 Å². The van der Waals surface area contributed by atoms with E-state index in [1.807, 2.05) is 24.6 Å². The van der Waals surface area contributed by atoms with Crippen molar-refractivity contribution in [3.05, 3.63) is 49.9 Å². The minimum Gasteiger partial charge on any atom is -0.303 e. The first kappa shape index (κ1) is 14.8. The third-order valence-corrected chi connectivity index (χ3v) is 4.78. The Balaban J connectivity index is 2.13. The number of aryl methyl sites for hydroxylation is 1. The maximum atomic E-state index is 6.23. The molecule has 1 aromatic heterocycles. The highest BCUT2D eigenvalue weighted by Gasteiger charge is 2.16. The molecular weight excluding hydrogens is 299 g/mol. The lowest BCUT2D eigenvalue weighted by Crippen LogP contribution is -2.22. The van der Waals surface area contributed by atoms with E-state index in [0.717, 1.165) is 11.3 Å². The Kier molecular flexibility index (Phi) is 4.85. The summed E-state index contributed by atoms with van der Waals surface area (Å²) in [7, 11) is 0. The molecule has 5 heteroatoms. The number of hydrogen-bond acceptors (Lipinski definition) is 3. The van der Waals surface area contributed by atoms with Crippen molar-refractivity contribution in [1.82, 2.24) is 10.3 Å². The standard InChI is InChI=1S/C14H16Cl2N2S/c1-8(12-5-4-11(15)6-13(12)16)18-10(3)14-9(2)17-7-19-14/h4-8,10,18H,1-3H3. The molecule has 2 atom stereocenters. The van der Waals surface area contributed by atoms with Gasteiger partial charge in [-0.2, -0.15) is 0 Å². The molecule has 0 radical (unpaired) electrons. The predicted octanol–water partition coefficient (Wildman–Crippen LogP) is 5.17. The molecule has 2 aromatic rings. The van der Waals surface area contributed by atoms with Gasteiger partial charge in [0.1, 0.15) is 0 Å². The van der Waals surface area contributed by atoms with E-state index in [4.69, 9.17) is 23.2 Å². The van der Waals surface area contributed by atoms with Crippen molar-refractivity contribution in [3.8, 4) is 0 Å². The summed E-state index contributed by atoms with van der Waals surface area (Å²) in [6.07, 6.45) is 0. The van der Waals surface area contributed by atoms with E-state index in [0.29, 0.717) is 10.0 Å². The minimum atomic E-state index is 0.154. The molecule has 0 fully saturated rings. The molecule has 1 heterocycles. The number of nitrogens with one attached hydrogen (secondary N) is 1. The van der Waals surface area contributed by atoms with E-state index in [9.17, 15) is 0 Å². The molecular formula is C14H16Cl2N2S. The molecule has 2 rings (SSSR count). The lowest BCUT2D eigenvalue weighted by Gasteiger charge is -2.21. The quantitative estimate of drug-likeness (QED) is 0.842. The van der Waals surface area contributed by atoms with E-state index in [1.165, 1.54) is 4.88 Å². The summed E-state index contributed by atoms with van der Waals surface area (Å²) in [5, 5.41) is 4.90. The number of thiazole rings is 1. The number of nitrogens with zero attached hydrogens (tertiary/aromatic N) is 1. The summed E-state index contributed by atoms with van der Waals surface area (Å²) in [6.45, 7) is 6.27. The summed E-state index contributed by atoms with van der Waals surface area (Å²) in [4.78, 5) is 5.54. The maximum absolute atomic E-state index is 6.23. The molecule has 19 heavy (non-hydrogen) atoms. The largest absolute Gasteiger partial charge is 0.303 e. The summed E-state index contributed by atoms with van der Waals surface area (Å²) in [5.41, 5.74) is 4.02. The van der Waals surface area contributed by atoms with E-state index in [2.05, 4.69) is 24.1 Å². The Bertz CT molecular complexity index is 568. The van der Waals surface area contributed by atoms with Gasteiger partial charge in [0.05, 0.1) is 11.2 Å². The Morgan fingerprint density at radius 1 is 1.21 bits per heavy atom. The van der Waals surface area contributed by atoms with Crippen LogP contribution in [-0.4, -0.2) is 4.98 Å². The van der Waals surface area contributed by atoms with Crippen molar-refractivity contribution < 1.29 is 0 Å². The predicted molar refractivity (Wildman–Crippen MR) is 83.3 cm³/mol. The molecule has 0 saturated heterocycles. The third-order valence-electron chi connectivity index (χ3n) is 3.10. The van der Waals surface area contributed by atoms with Crippen molar-refractivity contribution >= 4 is 34.5 Å². The van der Waals surface area contributed by atoms with Gasteiger partial charge >= 0.3 is 0 Å². The van der Waals surface area contributed by atoms with E-state index < -0.39 is 0 Å². The van der Waals surface area contributed by atoms with Gasteiger partial charge in [-0.05, 0) is 38.5 Å². The van der Waals surface area contributed by atoms with Crippen LogP contribution in [0.25, 0.3) is 0 Å². The molecule has 0 bridgehead atoms. The number of aromatic nitrogens is 1. The normalized spacial score (nSPS) is 14.4. The van der Waals surface area contributed by atoms with Crippen LogP contribution in [0.4, 0.5) is 0 Å². The molecule has 0 aliphatic carbocycles. The fraction of sp³-hybridized carbons (Fsp3) is 0.357. The Morgan fingerprint density at radius 2 is 1.95 bits per heavy atom. The molecule has 0 saturated carbocycles. The van der Waals surface area contributed by atoms with Crippen molar-refractivity contribution in [2.45, 2.75) is 32.9 Å². The highest BCUT2D eigenvalue weighted by Crippen LogP contribution is 2.29. The average Bonchev–Trinajstić information content (AvgIpc) is 2.75. The molecule has 2 nitrogen and oxygen atoms in total. The van der Waals surface area contributed by atoms with Crippen LogP contribution in [0, 0.1) is 6.92 Å². The van der Waals surface area contributed by atoms with Crippen LogP contribution < -0.4 is 5.32 Å². The molecule has 0 aliphatic rings. The Hall–Kier alpha value is -0.610. The van der Waals surface area contributed by atoms with Gasteiger partial charge < -0.3 is 5.32 Å². The Labute approximate surface area is 127 Å².